The Kier molecular flexibility index (Phi) is 4.24. The van der Waals surface area contributed by atoms with Crippen LogP contribution in [0.15, 0.2) is 18.3 Å². The van der Waals surface area contributed by atoms with E-state index in [1.807, 2.05) is 26.8 Å². The highest BCUT2D eigenvalue weighted by Gasteiger charge is 2.03. The maximum Gasteiger partial charge on any atom is 0.250 e. The maximum atomic E-state index is 11.4. The van der Waals surface area contributed by atoms with Crippen molar-refractivity contribution in [3.8, 4) is 0 Å². The number of anilines is 1. The van der Waals surface area contributed by atoms with Crippen LogP contribution >= 0.6 is 0 Å². The second kappa shape index (κ2) is 5.46. The zero-order chi connectivity index (χ0) is 11.3. The maximum absolute atomic E-state index is 11.4. The van der Waals surface area contributed by atoms with Crippen LogP contribution in [-0.2, 0) is 9.53 Å². The second-order valence-corrected chi connectivity index (χ2v) is 3.59. The van der Waals surface area contributed by atoms with Crippen molar-refractivity contribution in [2.24, 2.45) is 0 Å². The van der Waals surface area contributed by atoms with Crippen molar-refractivity contribution in [2.75, 3.05) is 11.9 Å². The molecule has 0 aliphatic heterocycles. The molecular formula is C11H16N2O2. The van der Waals surface area contributed by atoms with Gasteiger partial charge in [0, 0.05) is 17.6 Å². The van der Waals surface area contributed by atoms with E-state index in [0.29, 0.717) is 0 Å². The summed E-state index contributed by atoms with van der Waals surface area (Å²) in [5.74, 6) is -0.144. The molecule has 0 atom stereocenters. The molecule has 0 radical (unpaired) electrons. The number of carbonyl (C=O) groups excluding carboxylic acids is 1. The fourth-order valence-corrected chi connectivity index (χ4v) is 1.06. The number of hydrogen-bond donors (Lipinski definition) is 1. The van der Waals surface area contributed by atoms with Crippen LogP contribution in [0.5, 0.6) is 0 Å². The van der Waals surface area contributed by atoms with Gasteiger partial charge in [-0.25, -0.2) is 0 Å². The van der Waals surface area contributed by atoms with Gasteiger partial charge >= 0.3 is 0 Å². The molecule has 0 aliphatic rings. The Morgan fingerprint density at radius 2 is 2.33 bits per heavy atom. The minimum atomic E-state index is -0.144. The Bertz CT molecular complexity index is 337. The topological polar surface area (TPSA) is 51.2 Å². The molecule has 82 valence electrons. The predicted octanol–water partition coefficient (Wildman–Crippen LogP) is 1.75. The van der Waals surface area contributed by atoms with Crippen molar-refractivity contribution in [3.05, 3.63) is 24.0 Å². The van der Waals surface area contributed by atoms with Gasteiger partial charge in [0.1, 0.15) is 6.61 Å². The number of rotatable bonds is 4. The van der Waals surface area contributed by atoms with Crippen molar-refractivity contribution in [1.29, 1.82) is 0 Å². The number of hydrogen-bond acceptors (Lipinski definition) is 3. The highest BCUT2D eigenvalue weighted by molar-refractivity contribution is 5.91. The zero-order valence-corrected chi connectivity index (χ0v) is 9.28. The van der Waals surface area contributed by atoms with Gasteiger partial charge in [0.15, 0.2) is 0 Å². The molecule has 0 saturated carbocycles. The van der Waals surface area contributed by atoms with Gasteiger partial charge in [-0.05, 0) is 32.9 Å². The van der Waals surface area contributed by atoms with Crippen LogP contribution in [-0.4, -0.2) is 23.6 Å². The Morgan fingerprint density at radius 3 is 2.93 bits per heavy atom. The number of ether oxygens (including phenoxy) is 1. The first-order chi connectivity index (χ1) is 7.08. The molecule has 0 saturated heterocycles. The lowest BCUT2D eigenvalue weighted by Gasteiger charge is -2.08. The van der Waals surface area contributed by atoms with Gasteiger partial charge in [0.2, 0.25) is 5.91 Å². The lowest BCUT2D eigenvalue weighted by atomic mass is 10.3. The number of pyridine rings is 1. The van der Waals surface area contributed by atoms with Crippen LogP contribution in [0.3, 0.4) is 0 Å². The van der Waals surface area contributed by atoms with Gasteiger partial charge in [-0.2, -0.15) is 0 Å². The predicted molar refractivity (Wildman–Crippen MR) is 58.7 cm³/mol. The highest BCUT2D eigenvalue weighted by atomic mass is 16.5. The number of nitrogens with one attached hydrogen (secondary N) is 1. The number of aromatic nitrogens is 1. The average Bonchev–Trinajstić information content (AvgIpc) is 2.15. The van der Waals surface area contributed by atoms with Crippen LogP contribution in [0, 0.1) is 6.92 Å². The van der Waals surface area contributed by atoms with Gasteiger partial charge in [0.05, 0.1) is 6.10 Å². The first-order valence-electron chi connectivity index (χ1n) is 4.92. The molecule has 1 N–H and O–H groups in total. The standard InChI is InChI=1S/C11H16N2O2/c1-8(2)15-7-11(14)13-10-4-5-12-9(3)6-10/h4-6,8H,7H2,1-3H3,(H,12,13,14). The van der Waals surface area contributed by atoms with Gasteiger partial charge in [0.25, 0.3) is 0 Å². The molecule has 1 rings (SSSR count). The summed E-state index contributed by atoms with van der Waals surface area (Å²) in [6, 6.07) is 3.56. The molecule has 15 heavy (non-hydrogen) atoms. The molecule has 0 fully saturated rings. The van der Waals surface area contributed by atoms with E-state index in [0.717, 1.165) is 11.4 Å². The number of aryl methyl sites for hydroxylation is 1. The fourth-order valence-electron chi connectivity index (χ4n) is 1.06. The zero-order valence-electron chi connectivity index (χ0n) is 9.28. The van der Waals surface area contributed by atoms with Crippen LogP contribution in [0.4, 0.5) is 5.69 Å². The highest BCUT2D eigenvalue weighted by Crippen LogP contribution is 2.06. The van der Waals surface area contributed by atoms with E-state index >= 15 is 0 Å². The third-order valence-corrected chi connectivity index (χ3v) is 1.73. The normalized spacial score (nSPS) is 10.4. The van der Waals surface area contributed by atoms with Gasteiger partial charge in [-0.1, -0.05) is 0 Å². The van der Waals surface area contributed by atoms with Crippen LogP contribution in [0.25, 0.3) is 0 Å². The van der Waals surface area contributed by atoms with Gasteiger partial charge in [-0.15, -0.1) is 0 Å². The third kappa shape index (κ3) is 4.56. The summed E-state index contributed by atoms with van der Waals surface area (Å²) in [5.41, 5.74) is 1.62. The summed E-state index contributed by atoms with van der Waals surface area (Å²) >= 11 is 0. The average molecular weight is 208 g/mol. The lowest BCUT2D eigenvalue weighted by Crippen LogP contribution is -2.20. The Morgan fingerprint density at radius 1 is 1.60 bits per heavy atom. The summed E-state index contributed by atoms with van der Waals surface area (Å²) < 4.78 is 5.18. The summed E-state index contributed by atoms with van der Waals surface area (Å²) in [6.07, 6.45) is 1.73. The molecule has 1 aromatic heterocycles. The molecule has 4 heteroatoms. The minimum Gasteiger partial charge on any atom is -0.369 e. The number of nitrogens with zero attached hydrogens (tertiary/aromatic N) is 1. The van der Waals surface area contributed by atoms with E-state index in [9.17, 15) is 4.79 Å². The summed E-state index contributed by atoms with van der Waals surface area (Å²) in [6.45, 7) is 5.74. The number of carbonyl (C=O) groups is 1. The first-order valence-corrected chi connectivity index (χ1v) is 4.92. The van der Waals surface area contributed by atoms with Crippen molar-refractivity contribution in [2.45, 2.75) is 26.9 Å². The molecule has 0 spiro atoms. The van der Waals surface area contributed by atoms with Gasteiger partial charge in [-0.3, -0.25) is 9.78 Å². The number of amides is 1. The van der Waals surface area contributed by atoms with Crippen LogP contribution in [0.2, 0.25) is 0 Å². The summed E-state index contributed by atoms with van der Waals surface area (Å²) in [7, 11) is 0. The largest absolute Gasteiger partial charge is 0.369 e. The van der Waals surface area contributed by atoms with Crippen LogP contribution in [0.1, 0.15) is 19.5 Å². The van der Waals surface area contributed by atoms with Crippen molar-refractivity contribution < 1.29 is 9.53 Å². The molecule has 0 bridgehead atoms. The van der Waals surface area contributed by atoms with E-state index in [4.69, 9.17) is 4.74 Å². The van der Waals surface area contributed by atoms with E-state index in [2.05, 4.69) is 10.3 Å². The van der Waals surface area contributed by atoms with E-state index in [-0.39, 0.29) is 18.6 Å². The van der Waals surface area contributed by atoms with Gasteiger partial charge < -0.3 is 10.1 Å². The third-order valence-electron chi connectivity index (χ3n) is 1.73. The SMILES string of the molecule is Cc1cc(NC(=O)COC(C)C)ccn1. The summed E-state index contributed by atoms with van der Waals surface area (Å²) in [5, 5.41) is 2.73. The Hall–Kier alpha value is -1.42. The van der Waals surface area contributed by atoms with E-state index in [1.165, 1.54) is 0 Å². The molecule has 0 unspecified atom stereocenters. The quantitative estimate of drug-likeness (QED) is 0.820. The smallest absolute Gasteiger partial charge is 0.250 e. The van der Waals surface area contributed by atoms with E-state index in [1.54, 1.807) is 12.3 Å². The molecule has 1 aromatic rings. The first kappa shape index (κ1) is 11.7. The molecule has 4 nitrogen and oxygen atoms in total. The summed E-state index contributed by atoms with van der Waals surface area (Å²) in [4.78, 5) is 15.4. The molecule has 1 amide bonds. The molecule has 0 aromatic carbocycles. The lowest BCUT2D eigenvalue weighted by molar-refractivity contribution is -0.121. The van der Waals surface area contributed by atoms with Crippen molar-refractivity contribution in [1.82, 2.24) is 4.98 Å². The molecule has 1 heterocycles. The fraction of sp³-hybridized carbons (Fsp3) is 0.455. The second-order valence-electron chi connectivity index (χ2n) is 3.59. The Labute approximate surface area is 89.7 Å². The van der Waals surface area contributed by atoms with Crippen LogP contribution < -0.4 is 5.32 Å². The van der Waals surface area contributed by atoms with E-state index < -0.39 is 0 Å². The Balaban J connectivity index is 2.44. The van der Waals surface area contributed by atoms with Crippen molar-refractivity contribution in [3.63, 3.8) is 0 Å². The molecular weight excluding hydrogens is 192 g/mol. The van der Waals surface area contributed by atoms with Crippen molar-refractivity contribution >= 4 is 11.6 Å². The molecule has 0 aliphatic carbocycles. The minimum absolute atomic E-state index is 0.0647. The monoisotopic (exact) mass is 208 g/mol.